The molecule has 0 aliphatic heterocycles. The Morgan fingerprint density at radius 1 is 1.41 bits per heavy atom. The summed E-state index contributed by atoms with van der Waals surface area (Å²) < 4.78 is 1.40. The number of nitrogens with one attached hydrogen (secondary N) is 1. The predicted octanol–water partition coefficient (Wildman–Crippen LogP) is 1.76. The topological polar surface area (TPSA) is 72.9 Å². The van der Waals surface area contributed by atoms with E-state index in [-0.39, 0.29) is 18.3 Å². The molecule has 2 aromatic rings. The van der Waals surface area contributed by atoms with Crippen LogP contribution in [0.5, 0.6) is 0 Å². The fourth-order valence-electron chi connectivity index (χ4n) is 1.36. The number of aromatic nitrogens is 2. The molecule has 2 rings (SSSR count). The van der Waals surface area contributed by atoms with Crippen molar-refractivity contribution in [3.05, 3.63) is 41.6 Å². The number of rotatable bonds is 3. The van der Waals surface area contributed by atoms with Crippen molar-refractivity contribution in [2.45, 2.75) is 6.54 Å². The van der Waals surface area contributed by atoms with Gasteiger partial charge in [-0.2, -0.15) is 5.10 Å². The lowest BCUT2D eigenvalue weighted by Crippen LogP contribution is -2.19. The van der Waals surface area contributed by atoms with Crippen LogP contribution in [0.3, 0.4) is 0 Å². The van der Waals surface area contributed by atoms with Crippen molar-refractivity contribution in [1.82, 2.24) is 9.78 Å². The monoisotopic (exact) mass is 250 g/mol. The minimum Gasteiger partial charge on any atom is -0.381 e. The van der Waals surface area contributed by atoms with E-state index in [0.29, 0.717) is 5.02 Å². The Morgan fingerprint density at radius 3 is 2.71 bits per heavy atom. The van der Waals surface area contributed by atoms with E-state index >= 15 is 0 Å². The fourth-order valence-corrected chi connectivity index (χ4v) is 1.51. The van der Waals surface area contributed by atoms with Gasteiger partial charge in [-0.3, -0.25) is 9.48 Å². The van der Waals surface area contributed by atoms with Crippen molar-refractivity contribution < 1.29 is 4.79 Å². The number of nitrogens with two attached hydrogens (primary N) is 1. The first kappa shape index (κ1) is 11.5. The van der Waals surface area contributed by atoms with Crippen molar-refractivity contribution in [2.24, 2.45) is 0 Å². The lowest BCUT2D eigenvalue weighted by molar-refractivity contribution is -0.116. The van der Waals surface area contributed by atoms with E-state index in [9.17, 15) is 4.79 Å². The molecule has 0 atom stereocenters. The van der Waals surface area contributed by atoms with E-state index in [2.05, 4.69) is 10.4 Å². The number of nitrogens with zero attached hydrogens (tertiary/aromatic N) is 2. The summed E-state index contributed by atoms with van der Waals surface area (Å²) in [6, 6.07) is 9.19. The maximum absolute atomic E-state index is 11.6. The number of carbonyl (C=O) groups excluding carboxylic acids is 1. The molecule has 1 aromatic carbocycles. The van der Waals surface area contributed by atoms with Gasteiger partial charge in [-0.15, -0.1) is 0 Å². The average Bonchev–Trinajstić information content (AvgIpc) is 2.59. The van der Waals surface area contributed by atoms with E-state index in [1.165, 1.54) is 10.9 Å². The third-order valence-corrected chi connectivity index (χ3v) is 2.40. The molecule has 0 aliphatic carbocycles. The first-order chi connectivity index (χ1) is 8.15. The van der Waals surface area contributed by atoms with Crippen LogP contribution in [0.1, 0.15) is 0 Å². The maximum Gasteiger partial charge on any atom is 0.246 e. The third-order valence-electron chi connectivity index (χ3n) is 2.11. The minimum absolute atomic E-state index is 0.0752. The van der Waals surface area contributed by atoms with Crippen LogP contribution >= 0.6 is 11.6 Å². The first-order valence-electron chi connectivity index (χ1n) is 4.98. The summed E-state index contributed by atoms with van der Waals surface area (Å²) in [5.74, 6) is 0.0366. The second kappa shape index (κ2) is 4.88. The molecule has 17 heavy (non-hydrogen) atoms. The van der Waals surface area contributed by atoms with Crippen molar-refractivity contribution in [1.29, 1.82) is 0 Å². The van der Waals surface area contributed by atoms with E-state index in [0.717, 1.165) is 5.69 Å². The molecule has 5 nitrogen and oxygen atoms in total. The van der Waals surface area contributed by atoms with Crippen LogP contribution in [0.15, 0.2) is 36.5 Å². The van der Waals surface area contributed by atoms with Crippen LogP contribution in [0, 0.1) is 0 Å². The molecular formula is C11H11ClN4O. The smallest absolute Gasteiger partial charge is 0.246 e. The molecule has 0 aliphatic rings. The van der Waals surface area contributed by atoms with Gasteiger partial charge in [0.1, 0.15) is 11.6 Å². The summed E-state index contributed by atoms with van der Waals surface area (Å²) in [4.78, 5) is 11.6. The maximum atomic E-state index is 11.6. The number of halogens is 1. The van der Waals surface area contributed by atoms with Gasteiger partial charge in [0, 0.05) is 11.9 Å². The van der Waals surface area contributed by atoms with Gasteiger partial charge in [0.25, 0.3) is 0 Å². The highest BCUT2D eigenvalue weighted by atomic mass is 35.5. The number of amides is 1. The van der Waals surface area contributed by atoms with Crippen LogP contribution in [-0.2, 0) is 11.3 Å². The van der Waals surface area contributed by atoms with Crippen molar-refractivity contribution in [3.8, 4) is 0 Å². The van der Waals surface area contributed by atoms with E-state index in [1.807, 2.05) is 30.3 Å². The standard InChI is InChI=1S/C11H11ClN4O/c12-9-6-16(15-11(9)13)7-10(17)14-8-4-2-1-3-5-8/h1-6H,7H2,(H2,13,15)(H,14,17). The zero-order chi connectivity index (χ0) is 12.3. The number of anilines is 2. The van der Waals surface area contributed by atoms with E-state index in [1.54, 1.807) is 0 Å². The molecule has 1 amide bonds. The third kappa shape index (κ3) is 2.98. The molecule has 0 bridgehead atoms. The molecule has 0 spiro atoms. The van der Waals surface area contributed by atoms with Crippen LogP contribution < -0.4 is 11.1 Å². The molecule has 3 N–H and O–H groups in total. The number of para-hydroxylation sites is 1. The summed E-state index contributed by atoms with van der Waals surface area (Å²) in [6.45, 7) is 0.0752. The predicted molar refractivity (Wildman–Crippen MR) is 66.7 cm³/mol. The summed E-state index contributed by atoms with van der Waals surface area (Å²) in [7, 11) is 0. The zero-order valence-electron chi connectivity index (χ0n) is 8.93. The number of hydrogen-bond donors (Lipinski definition) is 2. The SMILES string of the molecule is Nc1nn(CC(=O)Nc2ccccc2)cc1Cl. The molecule has 1 heterocycles. The van der Waals surface area contributed by atoms with Gasteiger partial charge in [-0.1, -0.05) is 29.8 Å². The molecule has 0 radical (unpaired) electrons. The highest BCUT2D eigenvalue weighted by Gasteiger charge is 2.07. The minimum atomic E-state index is -0.185. The van der Waals surface area contributed by atoms with Crippen LogP contribution in [0.25, 0.3) is 0 Å². The Balaban J connectivity index is 1.98. The molecule has 0 saturated carbocycles. The second-order valence-corrected chi connectivity index (χ2v) is 3.88. The van der Waals surface area contributed by atoms with Crippen molar-refractivity contribution in [2.75, 3.05) is 11.1 Å². The highest BCUT2D eigenvalue weighted by molar-refractivity contribution is 6.32. The van der Waals surface area contributed by atoms with Gasteiger partial charge >= 0.3 is 0 Å². The van der Waals surface area contributed by atoms with Crippen LogP contribution in [0.4, 0.5) is 11.5 Å². The Hall–Kier alpha value is -2.01. The van der Waals surface area contributed by atoms with Crippen molar-refractivity contribution in [3.63, 3.8) is 0 Å². The van der Waals surface area contributed by atoms with Crippen molar-refractivity contribution >= 4 is 29.0 Å². The van der Waals surface area contributed by atoms with Crippen LogP contribution in [-0.4, -0.2) is 15.7 Å². The summed E-state index contributed by atoms with van der Waals surface area (Å²) >= 11 is 5.73. The average molecular weight is 251 g/mol. The van der Waals surface area contributed by atoms with E-state index in [4.69, 9.17) is 17.3 Å². The Kier molecular flexibility index (Phi) is 3.30. The molecule has 88 valence electrons. The number of carbonyl (C=O) groups is 1. The zero-order valence-corrected chi connectivity index (χ0v) is 9.69. The van der Waals surface area contributed by atoms with Crippen LogP contribution in [0.2, 0.25) is 5.02 Å². The highest BCUT2D eigenvalue weighted by Crippen LogP contribution is 2.15. The van der Waals surface area contributed by atoms with Gasteiger partial charge in [-0.25, -0.2) is 0 Å². The summed E-state index contributed by atoms with van der Waals surface area (Å²) in [5.41, 5.74) is 6.21. The molecule has 0 saturated heterocycles. The van der Waals surface area contributed by atoms with Gasteiger partial charge in [-0.05, 0) is 12.1 Å². The normalized spacial score (nSPS) is 10.2. The summed E-state index contributed by atoms with van der Waals surface area (Å²) in [5, 5.41) is 6.97. The lowest BCUT2D eigenvalue weighted by atomic mass is 10.3. The number of benzene rings is 1. The van der Waals surface area contributed by atoms with E-state index < -0.39 is 0 Å². The lowest BCUT2D eigenvalue weighted by Gasteiger charge is -2.04. The quantitative estimate of drug-likeness (QED) is 0.872. The van der Waals surface area contributed by atoms with Gasteiger partial charge < -0.3 is 11.1 Å². The molecule has 0 fully saturated rings. The molecule has 1 aromatic heterocycles. The Labute approximate surface area is 103 Å². The van der Waals surface area contributed by atoms with Gasteiger partial charge in [0.2, 0.25) is 5.91 Å². The van der Waals surface area contributed by atoms with Gasteiger partial charge in [0.05, 0.1) is 0 Å². The summed E-state index contributed by atoms with van der Waals surface area (Å²) in [6.07, 6.45) is 1.52. The molecule has 6 heteroatoms. The largest absolute Gasteiger partial charge is 0.381 e. The van der Waals surface area contributed by atoms with Gasteiger partial charge in [0.15, 0.2) is 5.82 Å². The molecule has 0 unspecified atom stereocenters. The molecular weight excluding hydrogens is 240 g/mol. The Morgan fingerprint density at radius 2 is 2.12 bits per heavy atom. The Bertz CT molecular complexity index is 504. The second-order valence-electron chi connectivity index (χ2n) is 3.47. The number of nitrogen functional groups attached to an aromatic ring is 1. The fraction of sp³-hybridized carbons (Fsp3) is 0.0909. The number of hydrogen-bond acceptors (Lipinski definition) is 3. The first-order valence-corrected chi connectivity index (χ1v) is 5.36.